The van der Waals surface area contributed by atoms with Crippen LogP contribution in [0.15, 0.2) is 36.4 Å². The lowest BCUT2D eigenvalue weighted by atomic mass is 9.84. The van der Waals surface area contributed by atoms with Gasteiger partial charge < -0.3 is 20.3 Å². The molecule has 3 aliphatic rings. The Morgan fingerprint density at radius 3 is 2.46 bits per heavy atom. The Bertz CT molecular complexity index is 1220. The molecule has 41 heavy (non-hydrogen) atoms. The van der Waals surface area contributed by atoms with E-state index in [1.165, 1.54) is 0 Å². The van der Waals surface area contributed by atoms with Gasteiger partial charge in [-0.3, -0.25) is 14.5 Å². The van der Waals surface area contributed by atoms with Crippen LogP contribution in [0.25, 0.3) is 11.1 Å². The lowest BCUT2D eigenvalue weighted by Gasteiger charge is -2.37. The Labute approximate surface area is 243 Å². The van der Waals surface area contributed by atoms with Gasteiger partial charge in [-0.2, -0.15) is 0 Å². The molecule has 3 heterocycles. The van der Waals surface area contributed by atoms with Crippen molar-refractivity contribution in [2.24, 2.45) is 11.8 Å². The van der Waals surface area contributed by atoms with Gasteiger partial charge >= 0.3 is 0 Å². The van der Waals surface area contributed by atoms with Gasteiger partial charge in [0.25, 0.3) is 5.91 Å². The van der Waals surface area contributed by atoms with Crippen molar-refractivity contribution in [1.29, 1.82) is 0 Å². The van der Waals surface area contributed by atoms with Gasteiger partial charge in [0.1, 0.15) is 6.17 Å². The Balaban J connectivity index is 1.42. The first-order valence-electron chi connectivity index (χ1n) is 15.3. The minimum absolute atomic E-state index is 0.0136. The van der Waals surface area contributed by atoms with Gasteiger partial charge in [0.15, 0.2) is 0 Å². The van der Waals surface area contributed by atoms with Crippen molar-refractivity contribution in [2.45, 2.75) is 71.8 Å². The number of hydrogen-bond acceptors (Lipinski definition) is 5. The predicted molar refractivity (Wildman–Crippen MR) is 161 cm³/mol. The maximum absolute atomic E-state index is 13.7. The zero-order chi connectivity index (χ0) is 29.1. The number of nitrogens with one attached hydrogen (secondary N) is 2. The highest BCUT2D eigenvalue weighted by Gasteiger charge is 2.33. The Kier molecular flexibility index (Phi) is 9.29. The monoisotopic (exact) mass is 564 g/mol. The third-order valence-electron chi connectivity index (χ3n) is 9.13. The van der Waals surface area contributed by atoms with Crippen LogP contribution in [-0.2, 0) is 16.1 Å². The van der Waals surface area contributed by atoms with Gasteiger partial charge in [0.2, 0.25) is 5.91 Å². The summed E-state index contributed by atoms with van der Waals surface area (Å²) in [6.45, 7) is 12.7. The van der Waals surface area contributed by atoms with Crippen LogP contribution in [0.3, 0.4) is 0 Å². The maximum atomic E-state index is 13.7. The van der Waals surface area contributed by atoms with E-state index in [1.54, 1.807) is 0 Å². The summed E-state index contributed by atoms with van der Waals surface area (Å²) in [7, 11) is 0. The molecular formula is C33H45FN4O3. The van der Waals surface area contributed by atoms with Crippen molar-refractivity contribution in [3.8, 4) is 11.1 Å². The Morgan fingerprint density at radius 2 is 1.83 bits per heavy atom. The van der Waals surface area contributed by atoms with Crippen molar-refractivity contribution in [3.05, 3.63) is 53.1 Å². The number of amides is 2. The highest BCUT2D eigenvalue weighted by atomic mass is 19.1. The summed E-state index contributed by atoms with van der Waals surface area (Å²) in [6.07, 6.45) is 2.11. The van der Waals surface area contributed by atoms with Crippen LogP contribution in [0, 0.1) is 18.8 Å². The zero-order valence-electron chi connectivity index (χ0n) is 24.9. The predicted octanol–water partition coefficient (Wildman–Crippen LogP) is 4.71. The van der Waals surface area contributed by atoms with Gasteiger partial charge in [-0.15, -0.1) is 0 Å². The average Bonchev–Trinajstić information content (AvgIpc) is 2.94. The van der Waals surface area contributed by atoms with Crippen molar-refractivity contribution in [2.75, 3.05) is 44.3 Å². The summed E-state index contributed by atoms with van der Waals surface area (Å²) in [4.78, 5) is 30.9. The number of nitrogens with zero attached hydrogens (tertiary/aromatic N) is 2. The Morgan fingerprint density at radius 1 is 1.12 bits per heavy atom. The molecule has 8 heteroatoms. The third kappa shape index (κ3) is 6.75. The fourth-order valence-electron chi connectivity index (χ4n) is 6.70. The fourth-order valence-corrected chi connectivity index (χ4v) is 6.70. The molecule has 5 rings (SSSR count). The first-order chi connectivity index (χ1) is 19.7. The molecule has 2 amide bonds. The average molecular weight is 565 g/mol. The van der Waals surface area contributed by atoms with E-state index in [-0.39, 0.29) is 29.7 Å². The highest BCUT2D eigenvalue weighted by molar-refractivity contribution is 5.99. The van der Waals surface area contributed by atoms with Gasteiger partial charge in [-0.05, 0) is 80.3 Å². The van der Waals surface area contributed by atoms with Gasteiger partial charge in [-0.1, -0.05) is 31.2 Å². The van der Waals surface area contributed by atoms with Crippen LogP contribution < -0.4 is 15.5 Å². The molecule has 3 saturated heterocycles. The first-order valence-corrected chi connectivity index (χ1v) is 15.3. The van der Waals surface area contributed by atoms with Crippen LogP contribution in [0.5, 0.6) is 0 Å². The largest absolute Gasteiger partial charge is 0.381 e. The molecular weight excluding hydrogens is 519 g/mol. The van der Waals surface area contributed by atoms with Crippen LogP contribution in [0.2, 0.25) is 0 Å². The molecule has 2 aromatic carbocycles. The molecule has 0 saturated carbocycles. The topological polar surface area (TPSA) is 73.9 Å². The molecule has 0 spiro atoms. The number of alkyl halides is 1. The summed E-state index contributed by atoms with van der Waals surface area (Å²) in [5.41, 5.74) is 5.82. The molecule has 3 aliphatic heterocycles. The first kappa shape index (κ1) is 29.5. The SMILES string of the molecule is CCN(c1cc(-c2ccc(CN3CC(F)C3)cc2)cc(C(=O)NCC2C(=O)NC(C)CC2C)c1C)C1CCOCC1. The molecule has 0 aliphatic carbocycles. The maximum Gasteiger partial charge on any atom is 0.251 e. The van der Waals surface area contributed by atoms with E-state index in [1.807, 2.05) is 19.9 Å². The summed E-state index contributed by atoms with van der Waals surface area (Å²) in [6, 6.07) is 13.1. The van der Waals surface area contributed by atoms with Gasteiger partial charge in [0, 0.05) is 69.3 Å². The number of ether oxygens (including phenoxy) is 1. The smallest absolute Gasteiger partial charge is 0.251 e. The molecule has 0 bridgehead atoms. The number of anilines is 1. The molecule has 0 aromatic heterocycles. The van der Waals surface area contributed by atoms with Crippen LogP contribution in [0.4, 0.5) is 10.1 Å². The molecule has 2 N–H and O–H groups in total. The molecule has 3 unspecified atom stereocenters. The van der Waals surface area contributed by atoms with Crippen LogP contribution >= 0.6 is 0 Å². The number of halogens is 1. The zero-order valence-corrected chi connectivity index (χ0v) is 24.9. The van der Waals surface area contributed by atoms with Crippen molar-refractivity contribution in [1.82, 2.24) is 15.5 Å². The standard InChI is InChI=1S/C33H45FN4O3/c1-5-38(28-10-12-41-13-11-28)31-16-26(25-8-6-24(7-9-25)18-37-19-27(34)20-37)15-29(23(31)4)32(39)35-17-30-21(2)14-22(3)36-33(30)40/h6-9,15-16,21-22,27-28,30H,5,10-14,17-20H2,1-4H3,(H,35,39)(H,36,40). The summed E-state index contributed by atoms with van der Waals surface area (Å²) < 4.78 is 18.9. The fraction of sp³-hybridized carbons (Fsp3) is 0.576. The second-order valence-corrected chi connectivity index (χ2v) is 12.2. The third-order valence-corrected chi connectivity index (χ3v) is 9.13. The highest BCUT2D eigenvalue weighted by Crippen LogP contribution is 2.34. The summed E-state index contributed by atoms with van der Waals surface area (Å²) in [5, 5.41) is 6.13. The minimum Gasteiger partial charge on any atom is -0.381 e. The number of hydrogen-bond donors (Lipinski definition) is 2. The van der Waals surface area contributed by atoms with E-state index in [0.29, 0.717) is 31.2 Å². The van der Waals surface area contributed by atoms with E-state index in [4.69, 9.17) is 4.74 Å². The molecule has 7 nitrogen and oxygen atoms in total. The number of carbonyl (C=O) groups is 2. The number of likely N-dealkylation sites (tertiary alicyclic amines) is 1. The lowest BCUT2D eigenvalue weighted by molar-refractivity contribution is -0.129. The molecule has 2 aromatic rings. The second-order valence-electron chi connectivity index (χ2n) is 12.2. The van der Waals surface area contributed by atoms with E-state index in [9.17, 15) is 14.0 Å². The van der Waals surface area contributed by atoms with Crippen LogP contribution in [0.1, 0.15) is 61.5 Å². The summed E-state index contributed by atoms with van der Waals surface area (Å²) in [5.74, 6) is -0.169. The van der Waals surface area contributed by atoms with Gasteiger partial charge in [0.05, 0.1) is 5.92 Å². The van der Waals surface area contributed by atoms with Crippen molar-refractivity contribution < 1.29 is 18.7 Å². The lowest BCUT2D eigenvalue weighted by Crippen LogP contribution is -2.50. The normalized spacial score (nSPS) is 24.0. The number of rotatable bonds is 9. The van der Waals surface area contributed by atoms with Gasteiger partial charge in [-0.25, -0.2) is 4.39 Å². The van der Waals surface area contributed by atoms with Crippen LogP contribution in [-0.4, -0.2) is 74.4 Å². The van der Waals surface area contributed by atoms with E-state index in [2.05, 4.69) is 64.6 Å². The summed E-state index contributed by atoms with van der Waals surface area (Å²) >= 11 is 0. The molecule has 222 valence electrons. The van der Waals surface area contributed by atoms with Crippen molar-refractivity contribution >= 4 is 17.5 Å². The molecule has 0 radical (unpaired) electrons. The molecule has 3 atom stereocenters. The number of piperidine rings is 1. The van der Waals surface area contributed by atoms with E-state index < -0.39 is 6.17 Å². The number of benzene rings is 2. The quantitative estimate of drug-likeness (QED) is 0.462. The number of carbonyl (C=O) groups excluding carboxylic acids is 2. The Hall–Kier alpha value is -2.97. The second kappa shape index (κ2) is 12.9. The molecule has 3 fully saturated rings. The minimum atomic E-state index is -0.707. The van der Waals surface area contributed by atoms with Crippen molar-refractivity contribution in [3.63, 3.8) is 0 Å². The van der Waals surface area contributed by atoms with E-state index >= 15 is 0 Å². The van der Waals surface area contributed by atoms with E-state index in [0.717, 1.165) is 73.5 Å².